The lowest BCUT2D eigenvalue weighted by molar-refractivity contribution is -0.137. The Morgan fingerprint density at radius 3 is 2.25 bits per heavy atom. The molecule has 0 radical (unpaired) electrons. The summed E-state index contributed by atoms with van der Waals surface area (Å²) in [5.74, 6) is -0.111. The number of hydrogen-bond acceptors (Lipinski definition) is 3. The minimum Gasteiger partial charge on any atom is -0.293 e. The molecule has 0 bridgehead atoms. The smallest absolute Gasteiger partial charge is 0.293 e. The van der Waals surface area contributed by atoms with Gasteiger partial charge < -0.3 is 0 Å². The number of hydrogen-bond donors (Lipinski definition) is 0. The first-order chi connectivity index (χ1) is 11.4. The standard InChI is InChI=1S/C18H12F3NOS/c19-18(20,21)14-3-1-12(2-4-14)11-15(23)17-6-5-16(24-17)13-7-9-22-10-8-13/h1-10H,11H2. The third kappa shape index (κ3) is 3.71. The van der Waals surface area contributed by atoms with E-state index in [1.165, 1.54) is 23.5 Å². The zero-order valence-corrected chi connectivity index (χ0v) is 13.2. The first-order valence-corrected chi connectivity index (χ1v) is 7.95. The van der Waals surface area contributed by atoms with E-state index in [1.807, 2.05) is 18.2 Å². The van der Waals surface area contributed by atoms with E-state index in [4.69, 9.17) is 0 Å². The summed E-state index contributed by atoms with van der Waals surface area (Å²) in [7, 11) is 0. The SMILES string of the molecule is O=C(Cc1ccc(C(F)(F)F)cc1)c1ccc(-c2ccncc2)s1. The quantitative estimate of drug-likeness (QED) is 0.603. The molecule has 0 aliphatic carbocycles. The Kier molecular flexibility index (Phi) is 4.49. The summed E-state index contributed by atoms with van der Waals surface area (Å²) in [5, 5.41) is 0. The maximum atomic E-state index is 12.5. The second-order valence-electron chi connectivity index (χ2n) is 5.19. The number of halogens is 3. The van der Waals surface area contributed by atoms with Gasteiger partial charge in [0.2, 0.25) is 0 Å². The fraction of sp³-hybridized carbons (Fsp3) is 0.111. The normalized spacial score (nSPS) is 11.5. The fourth-order valence-corrected chi connectivity index (χ4v) is 3.19. The zero-order valence-electron chi connectivity index (χ0n) is 12.4. The van der Waals surface area contributed by atoms with Gasteiger partial charge in [-0.05, 0) is 47.5 Å². The van der Waals surface area contributed by atoms with Gasteiger partial charge in [0.15, 0.2) is 5.78 Å². The molecule has 0 aliphatic rings. The number of pyridine rings is 1. The Morgan fingerprint density at radius 1 is 0.958 bits per heavy atom. The molecule has 2 nitrogen and oxygen atoms in total. The molecule has 3 rings (SSSR count). The molecule has 0 aliphatic heterocycles. The number of benzene rings is 1. The molecular formula is C18H12F3NOS. The van der Waals surface area contributed by atoms with Gasteiger partial charge in [-0.3, -0.25) is 9.78 Å². The van der Waals surface area contributed by atoms with Crippen LogP contribution in [0.2, 0.25) is 0 Å². The van der Waals surface area contributed by atoms with Crippen LogP contribution >= 0.6 is 11.3 Å². The molecule has 0 saturated heterocycles. The van der Waals surface area contributed by atoms with Gasteiger partial charge >= 0.3 is 6.18 Å². The molecule has 0 N–H and O–H groups in total. The number of thiophene rings is 1. The third-order valence-electron chi connectivity index (χ3n) is 3.49. The first kappa shape index (κ1) is 16.4. The number of alkyl halides is 3. The summed E-state index contributed by atoms with van der Waals surface area (Å²) in [4.78, 5) is 17.8. The van der Waals surface area contributed by atoms with E-state index in [9.17, 15) is 18.0 Å². The highest BCUT2D eigenvalue weighted by Gasteiger charge is 2.30. The van der Waals surface area contributed by atoms with Crippen molar-refractivity contribution >= 4 is 17.1 Å². The summed E-state index contributed by atoms with van der Waals surface area (Å²) >= 11 is 1.36. The van der Waals surface area contributed by atoms with E-state index in [2.05, 4.69) is 4.98 Å². The highest BCUT2D eigenvalue weighted by atomic mass is 32.1. The van der Waals surface area contributed by atoms with E-state index in [0.29, 0.717) is 10.4 Å². The highest BCUT2D eigenvalue weighted by Crippen LogP contribution is 2.30. The third-order valence-corrected chi connectivity index (χ3v) is 4.67. The average Bonchev–Trinajstić information content (AvgIpc) is 3.05. The number of Topliss-reactive ketones (excluding diaryl/α,β-unsaturated/α-hetero) is 1. The van der Waals surface area contributed by atoms with Crippen LogP contribution in [0.15, 0.2) is 60.9 Å². The highest BCUT2D eigenvalue weighted by molar-refractivity contribution is 7.17. The van der Waals surface area contributed by atoms with Crippen molar-refractivity contribution in [3.8, 4) is 10.4 Å². The van der Waals surface area contributed by atoms with Crippen LogP contribution in [0.4, 0.5) is 13.2 Å². The minimum atomic E-state index is -4.37. The summed E-state index contributed by atoms with van der Waals surface area (Å²) < 4.78 is 37.6. The second kappa shape index (κ2) is 6.57. The summed E-state index contributed by atoms with van der Waals surface area (Å²) in [6.45, 7) is 0. The lowest BCUT2D eigenvalue weighted by atomic mass is 10.1. The zero-order chi connectivity index (χ0) is 17.2. The summed E-state index contributed by atoms with van der Waals surface area (Å²) in [6.07, 6.45) is -0.929. The molecule has 0 unspecified atom stereocenters. The molecule has 1 aromatic carbocycles. The van der Waals surface area contributed by atoms with Crippen LogP contribution in [0, 0.1) is 0 Å². The van der Waals surface area contributed by atoms with Crippen LogP contribution in [0.1, 0.15) is 20.8 Å². The van der Waals surface area contributed by atoms with Crippen molar-refractivity contribution in [1.29, 1.82) is 0 Å². The molecule has 24 heavy (non-hydrogen) atoms. The number of ketones is 1. The fourth-order valence-electron chi connectivity index (χ4n) is 2.24. The Hall–Kier alpha value is -2.47. The van der Waals surface area contributed by atoms with Gasteiger partial charge in [0.05, 0.1) is 10.4 Å². The molecule has 2 aromatic heterocycles. The van der Waals surface area contributed by atoms with Gasteiger partial charge in [0.1, 0.15) is 0 Å². The maximum Gasteiger partial charge on any atom is 0.416 e. The number of aromatic nitrogens is 1. The predicted molar refractivity (Wildman–Crippen MR) is 87.0 cm³/mol. The van der Waals surface area contributed by atoms with Crippen LogP contribution in [-0.2, 0) is 12.6 Å². The van der Waals surface area contributed by atoms with Gasteiger partial charge in [-0.1, -0.05) is 12.1 Å². The first-order valence-electron chi connectivity index (χ1n) is 7.13. The van der Waals surface area contributed by atoms with E-state index in [1.54, 1.807) is 18.5 Å². The van der Waals surface area contributed by atoms with Crippen LogP contribution < -0.4 is 0 Å². The largest absolute Gasteiger partial charge is 0.416 e. The van der Waals surface area contributed by atoms with E-state index in [0.717, 1.165) is 22.6 Å². The van der Waals surface area contributed by atoms with Gasteiger partial charge in [0, 0.05) is 23.7 Å². The van der Waals surface area contributed by atoms with Crippen LogP contribution in [0.25, 0.3) is 10.4 Å². The Morgan fingerprint density at radius 2 is 1.62 bits per heavy atom. The van der Waals surface area contributed by atoms with Crippen molar-refractivity contribution in [3.05, 3.63) is 76.9 Å². The van der Waals surface area contributed by atoms with Crippen molar-refractivity contribution in [2.24, 2.45) is 0 Å². The second-order valence-corrected chi connectivity index (χ2v) is 6.28. The molecule has 0 spiro atoms. The number of carbonyl (C=O) groups is 1. The summed E-state index contributed by atoms with van der Waals surface area (Å²) in [5.41, 5.74) is 0.824. The maximum absolute atomic E-state index is 12.5. The Labute approximate surface area is 140 Å². The Balaban J connectivity index is 1.73. The monoisotopic (exact) mass is 347 g/mol. The molecule has 0 fully saturated rings. The molecule has 3 aromatic rings. The predicted octanol–water partition coefficient (Wildman–Crippen LogP) is 5.25. The van der Waals surface area contributed by atoms with Crippen LogP contribution in [-0.4, -0.2) is 10.8 Å². The van der Waals surface area contributed by atoms with Crippen LogP contribution in [0.5, 0.6) is 0 Å². The number of carbonyl (C=O) groups excluding carboxylic acids is 1. The van der Waals surface area contributed by atoms with Gasteiger partial charge in [-0.15, -0.1) is 11.3 Å². The van der Waals surface area contributed by atoms with Crippen molar-refractivity contribution in [2.45, 2.75) is 12.6 Å². The van der Waals surface area contributed by atoms with E-state index >= 15 is 0 Å². The number of rotatable bonds is 4. The number of nitrogens with zero attached hydrogens (tertiary/aromatic N) is 1. The topological polar surface area (TPSA) is 30.0 Å². The minimum absolute atomic E-state index is 0.0778. The Bertz CT molecular complexity index is 839. The molecule has 0 amide bonds. The van der Waals surface area contributed by atoms with E-state index < -0.39 is 11.7 Å². The van der Waals surface area contributed by atoms with Crippen molar-refractivity contribution in [3.63, 3.8) is 0 Å². The van der Waals surface area contributed by atoms with Crippen molar-refractivity contribution < 1.29 is 18.0 Å². The molecule has 0 saturated carbocycles. The summed E-state index contributed by atoms with van der Waals surface area (Å²) in [6, 6.07) is 12.0. The van der Waals surface area contributed by atoms with Gasteiger partial charge in [-0.25, -0.2) is 0 Å². The van der Waals surface area contributed by atoms with Crippen molar-refractivity contribution in [2.75, 3.05) is 0 Å². The average molecular weight is 347 g/mol. The lowest BCUT2D eigenvalue weighted by Gasteiger charge is -2.07. The lowest BCUT2D eigenvalue weighted by Crippen LogP contribution is -2.06. The van der Waals surface area contributed by atoms with Crippen molar-refractivity contribution in [1.82, 2.24) is 4.98 Å². The molecule has 6 heteroatoms. The molecule has 122 valence electrons. The van der Waals surface area contributed by atoms with E-state index in [-0.39, 0.29) is 12.2 Å². The van der Waals surface area contributed by atoms with Gasteiger partial charge in [-0.2, -0.15) is 13.2 Å². The molecule has 2 heterocycles. The molecule has 0 atom stereocenters. The van der Waals surface area contributed by atoms with Gasteiger partial charge in [0.25, 0.3) is 0 Å². The van der Waals surface area contributed by atoms with Crippen LogP contribution in [0.3, 0.4) is 0 Å². The molecular weight excluding hydrogens is 335 g/mol.